The zero-order chi connectivity index (χ0) is 11.6. The minimum absolute atomic E-state index is 0. The molecule has 3 N–H and O–H groups in total. The van der Waals surface area contributed by atoms with Gasteiger partial charge in [-0.15, -0.1) is 12.4 Å². The molecule has 1 aliphatic carbocycles. The molecule has 1 aliphatic rings. The highest BCUT2D eigenvalue weighted by Gasteiger charge is 2.36. The summed E-state index contributed by atoms with van der Waals surface area (Å²) in [5, 5.41) is 2.72. The smallest absolute Gasteiger partial charge is 0.244 e. The molecule has 1 amide bonds. The second-order valence-electron chi connectivity index (χ2n) is 4.32. The number of nitrogens with one attached hydrogen (secondary N) is 1. The van der Waals surface area contributed by atoms with Crippen LogP contribution >= 0.6 is 12.4 Å². The second-order valence-corrected chi connectivity index (χ2v) is 4.32. The van der Waals surface area contributed by atoms with Gasteiger partial charge >= 0.3 is 0 Å². The average Bonchev–Trinajstić information content (AvgIpc) is 2.70. The molecule has 2 rings (SSSR count). The van der Waals surface area contributed by atoms with E-state index in [-0.39, 0.29) is 24.1 Å². The van der Waals surface area contributed by atoms with Crippen LogP contribution in [0.2, 0.25) is 0 Å². The Labute approximate surface area is 106 Å². The zero-order valence-electron chi connectivity index (χ0n) is 9.41. The Kier molecular flexibility index (Phi) is 4.48. The lowest BCUT2D eigenvalue weighted by atomic mass is 9.98. The number of nitrogens with two attached hydrogens (primary N) is 1. The first-order valence-corrected chi connectivity index (χ1v) is 5.46. The van der Waals surface area contributed by atoms with Crippen LogP contribution in [0.25, 0.3) is 0 Å². The Morgan fingerprint density at radius 3 is 2.29 bits per heavy atom. The van der Waals surface area contributed by atoms with Gasteiger partial charge in [0.05, 0.1) is 5.54 Å². The maximum Gasteiger partial charge on any atom is 0.244 e. The molecule has 1 aromatic rings. The summed E-state index contributed by atoms with van der Waals surface area (Å²) in [6, 6.07) is 5.69. The Hall–Kier alpha value is -1.13. The Morgan fingerprint density at radius 1 is 1.24 bits per heavy atom. The molecule has 3 nitrogen and oxygen atoms in total. The number of halogens is 2. The number of amides is 1. The summed E-state index contributed by atoms with van der Waals surface area (Å²) < 4.78 is 12.7. The minimum Gasteiger partial charge on any atom is -0.324 e. The molecular weight excluding hydrogens is 243 g/mol. The predicted molar refractivity (Wildman–Crippen MR) is 67.7 cm³/mol. The number of carbonyl (C=O) groups is 1. The van der Waals surface area contributed by atoms with Crippen molar-refractivity contribution in [3.05, 3.63) is 30.1 Å². The second kappa shape index (κ2) is 5.47. The van der Waals surface area contributed by atoms with Crippen molar-refractivity contribution in [3.8, 4) is 0 Å². The van der Waals surface area contributed by atoms with E-state index in [4.69, 9.17) is 5.73 Å². The van der Waals surface area contributed by atoms with Gasteiger partial charge in [-0.3, -0.25) is 4.79 Å². The van der Waals surface area contributed by atoms with Crippen LogP contribution < -0.4 is 11.1 Å². The molecule has 0 spiro atoms. The van der Waals surface area contributed by atoms with Crippen LogP contribution in [0.15, 0.2) is 24.3 Å². The number of anilines is 1. The molecule has 0 saturated heterocycles. The number of benzene rings is 1. The van der Waals surface area contributed by atoms with Crippen molar-refractivity contribution in [3.63, 3.8) is 0 Å². The monoisotopic (exact) mass is 258 g/mol. The van der Waals surface area contributed by atoms with Gasteiger partial charge in [0, 0.05) is 5.69 Å². The Bertz CT molecular complexity index is 388. The van der Waals surface area contributed by atoms with E-state index in [9.17, 15) is 9.18 Å². The molecule has 5 heteroatoms. The van der Waals surface area contributed by atoms with E-state index in [1.54, 1.807) is 0 Å². The fraction of sp³-hybridized carbons (Fsp3) is 0.417. The number of carbonyl (C=O) groups excluding carboxylic acids is 1. The Morgan fingerprint density at radius 2 is 1.76 bits per heavy atom. The molecule has 1 saturated carbocycles. The maximum absolute atomic E-state index is 12.7. The third kappa shape index (κ3) is 3.17. The molecule has 17 heavy (non-hydrogen) atoms. The third-order valence-corrected chi connectivity index (χ3v) is 3.05. The summed E-state index contributed by atoms with van der Waals surface area (Å²) >= 11 is 0. The lowest BCUT2D eigenvalue weighted by molar-refractivity contribution is -0.121. The van der Waals surface area contributed by atoms with Gasteiger partial charge in [0.2, 0.25) is 5.91 Å². The lowest BCUT2D eigenvalue weighted by Gasteiger charge is -2.22. The van der Waals surface area contributed by atoms with Crippen LogP contribution in [0.1, 0.15) is 25.7 Å². The van der Waals surface area contributed by atoms with E-state index in [1.807, 2.05) is 0 Å². The first kappa shape index (κ1) is 13.9. The minimum atomic E-state index is -0.742. The van der Waals surface area contributed by atoms with E-state index < -0.39 is 5.54 Å². The summed E-state index contributed by atoms with van der Waals surface area (Å²) in [7, 11) is 0. The van der Waals surface area contributed by atoms with Crippen molar-refractivity contribution in [1.82, 2.24) is 0 Å². The molecule has 0 heterocycles. The van der Waals surface area contributed by atoms with Crippen LogP contribution in [-0.4, -0.2) is 11.4 Å². The van der Waals surface area contributed by atoms with Crippen molar-refractivity contribution < 1.29 is 9.18 Å². The van der Waals surface area contributed by atoms with E-state index in [1.165, 1.54) is 24.3 Å². The van der Waals surface area contributed by atoms with Crippen LogP contribution in [0.4, 0.5) is 10.1 Å². The quantitative estimate of drug-likeness (QED) is 0.856. The van der Waals surface area contributed by atoms with E-state index in [0.717, 1.165) is 25.7 Å². The fourth-order valence-corrected chi connectivity index (χ4v) is 2.02. The van der Waals surface area contributed by atoms with Gasteiger partial charge in [-0.2, -0.15) is 0 Å². The summed E-state index contributed by atoms with van der Waals surface area (Å²) in [5.41, 5.74) is 5.84. The number of hydrogen-bond acceptors (Lipinski definition) is 2. The maximum atomic E-state index is 12.7. The van der Waals surface area contributed by atoms with E-state index >= 15 is 0 Å². The third-order valence-electron chi connectivity index (χ3n) is 3.05. The standard InChI is InChI=1S/C12H15FN2O.ClH/c13-9-3-5-10(6-4-9)15-11(16)12(14)7-1-2-8-12;/h3-6H,1-2,7-8,14H2,(H,15,16);1H. The fourth-order valence-electron chi connectivity index (χ4n) is 2.02. The SMILES string of the molecule is Cl.NC1(C(=O)Nc2ccc(F)cc2)CCCC1. The molecule has 0 unspecified atom stereocenters. The van der Waals surface area contributed by atoms with E-state index in [2.05, 4.69) is 5.32 Å². The summed E-state index contributed by atoms with van der Waals surface area (Å²) in [6.07, 6.45) is 3.43. The number of hydrogen-bond donors (Lipinski definition) is 2. The average molecular weight is 259 g/mol. The van der Waals surface area contributed by atoms with Gasteiger partial charge < -0.3 is 11.1 Å². The van der Waals surface area contributed by atoms with Crippen molar-refractivity contribution in [2.24, 2.45) is 5.73 Å². The highest BCUT2D eigenvalue weighted by atomic mass is 35.5. The molecule has 0 aliphatic heterocycles. The van der Waals surface area contributed by atoms with Gasteiger partial charge in [-0.1, -0.05) is 12.8 Å². The van der Waals surface area contributed by atoms with Crippen molar-refractivity contribution in [2.45, 2.75) is 31.2 Å². The summed E-state index contributed by atoms with van der Waals surface area (Å²) in [5.74, 6) is -0.488. The highest BCUT2D eigenvalue weighted by Crippen LogP contribution is 2.28. The Balaban J connectivity index is 0.00000144. The van der Waals surface area contributed by atoms with Crippen LogP contribution in [-0.2, 0) is 4.79 Å². The molecule has 0 bridgehead atoms. The van der Waals surface area contributed by atoms with Crippen LogP contribution in [0.5, 0.6) is 0 Å². The van der Waals surface area contributed by atoms with Crippen LogP contribution in [0, 0.1) is 5.82 Å². The predicted octanol–water partition coefficient (Wildman–Crippen LogP) is 2.46. The molecule has 1 aromatic carbocycles. The largest absolute Gasteiger partial charge is 0.324 e. The van der Waals surface area contributed by atoms with Crippen molar-refractivity contribution in [1.29, 1.82) is 0 Å². The first-order valence-electron chi connectivity index (χ1n) is 5.46. The summed E-state index contributed by atoms with van der Waals surface area (Å²) in [4.78, 5) is 11.9. The first-order chi connectivity index (χ1) is 7.60. The zero-order valence-corrected chi connectivity index (χ0v) is 10.2. The molecule has 0 atom stereocenters. The van der Waals surface area contributed by atoms with E-state index in [0.29, 0.717) is 5.69 Å². The normalized spacial score (nSPS) is 17.3. The van der Waals surface area contributed by atoms with Gasteiger partial charge in [0.25, 0.3) is 0 Å². The van der Waals surface area contributed by atoms with Gasteiger partial charge in [0.15, 0.2) is 0 Å². The van der Waals surface area contributed by atoms with Gasteiger partial charge in [0.1, 0.15) is 5.82 Å². The van der Waals surface area contributed by atoms with Crippen molar-refractivity contribution >= 4 is 24.0 Å². The summed E-state index contributed by atoms with van der Waals surface area (Å²) in [6.45, 7) is 0. The van der Waals surface area contributed by atoms with Gasteiger partial charge in [-0.05, 0) is 37.1 Å². The van der Waals surface area contributed by atoms with Gasteiger partial charge in [-0.25, -0.2) is 4.39 Å². The number of rotatable bonds is 2. The van der Waals surface area contributed by atoms with Crippen LogP contribution in [0.3, 0.4) is 0 Å². The van der Waals surface area contributed by atoms with Crippen molar-refractivity contribution in [2.75, 3.05) is 5.32 Å². The lowest BCUT2D eigenvalue weighted by Crippen LogP contribution is -2.48. The molecule has 1 fully saturated rings. The molecule has 94 valence electrons. The molecule has 0 radical (unpaired) electrons. The molecular formula is C12H16ClFN2O. The highest BCUT2D eigenvalue weighted by molar-refractivity contribution is 5.98. The topological polar surface area (TPSA) is 55.1 Å². The molecule has 0 aromatic heterocycles.